The first-order chi connectivity index (χ1) is 14.4. The number of rotatable bonds is 9. The Bertz CT molecular complexity index is 1040. The summed E-state index contributed by atoms with van der Waals surface area (Å²) in [5.41, 5.74) is 1.78. The molecule has 0 aliphatic rings. The molecule has 0 saturated carbocycles. The van der Waals surface area contributed by atoms with E-state index >= 15 is 0 Å². The third-order valence-corrected chi connectivity index (χ3v) is 4.38. The molecule has 0 aliphatic carbocycles. The van der Waals surface area contributed by atoms with Crippen molar-refractivity contribution >= 4 is 44.9 Å². The normalized spacial score (nSPS) is 10.8. The maximum Gasteiger partial charge on any atom is 0.302 e. The molecule has 0 saturated heterocycles. The molecule has 3 aromatic rings. The minimum atomic E-state index is -0.374. The number of imidazole rings is 1. The number of carbonyl (C=O) groups is 2. The molecule has 1 aromatic carbocycles. The third-order valence-electron chi connectivity index (χ3n) is 3.78. The van der Waals surface area contributed by atoms with Crippen LogP contribution in [0.3, 0.4) is 0 Å². The molecule has 11 heteroatoms. The van der Waals surface area contributed by atoms with Crippen LogP contribution in [0.2, 0.25) is 0 Å². The summed E-state index contributed by atoms with van der Waals surface area (Å²) >= 11 is 3.38. The number of ether oxygens (including phenoxy) is 3. The minimum Gasteiger partial charge on any atom is -0.471 e. The van der Waals surface area contributed by atoms with Crippen molar-refractivity contribution < 1.29 is 23.8 Å². The lowest BCUT2D eigenvalue weighted by Crippen LogP contribution is -2.13. The molecule has 2 aromatic heterocycles. The Morgan fingerprint density at radius 3 is 2.57 bits per heavy atom. The summed E-state index contributed by atoms with van der Waals surface area (Å²) in [5, 5.41) is 2.56. The molecule has 0 spiro atoms. The van der Waals surface area contributed by atoms with Crippen LogP contribution in [0, 0.1) is 0 Å². The van der Waals surface area contributed by atoms with Crippen LogP contribution in [-0.4, -0.2) is 44.6 Å². The molecule has 0 bridgehead atoms. The van der Waals surface area contributed by atoms with Crippen molar-refractivity contribution in [3.8, 4) is 5.88 Å². The number of esters is 1. The first-order valence-electron chi connectivity index (χ1n) is 9.03. The molecule has 0 aliphatic heterocycles. The number of carbonyl (C=O) groups excluding carboxylic acids is 2. The van der Waals surface area contributed by atoms with Crippen molar-refractivity contribution in [1.29, 1.82) is 0 Å². The lowest BCUT2D eigenvalue weighted by Gasteiger charge is -2.10. The van der Waals surface area contributed by atoms with Crippen LogP contribution in [0.15, 0.2) is 35.1 Å². The van der Waals surface area contributed by atoms with Crippen molar-refractivity contribution in [3.05, 3.63) is 40.6 Å². The van der Waals surface area contributed by atoms with Gasteiger partial charge in [-0.25, -0.2) is 4.98 Å². The van der Waals surface area contributed by atoms with Crippen LogP contribution >= 0.6 is 15.9 Å². The minimum absolute atomic E-state index is 0.0895. The predicted octanol–water partition coefficient (Wildman–Crippen LogP) is 2.66. The van der Waals surface area contributed by atoms with E-state index in [1.807, 2.05) is 30.3 Å². The summed E-state index contributed by atoms with van der Waals surface area (Å²) in [6.45, 7) is 3.40. The van der Waals surface area contributed by atoms with E-state index in [1.165, 1.54) is 13.8 Å². The number of benzene rings is 1. The fourth-order valence-corrected chi connectivity index (χ4v) is 2.95. The SMILES string of the molecule is CC(=O)Nc1nc(OCc2ccccc2)c2nc(Br)n(COCCOC(C)=O)c2n1. The Morgan fingerprint density at radius 1 is 1.10 bits per heavy atom. The molecule has 2 heterocycles. The van der Waals surface area contributed by atoms with Gasteiger partial charge in [-0.1, -0.05) is 30.3 Å². The molecule has 0 atom stereocenters. The summed E-state index contributed by atoms with van der Waals surface area (Å²) in [5.74, 6) is -0.370. The summed E-state index contributed by atoms with van der Waals surface area (Å²) in [6.07, 6.45) is 0. The molecule has 30 heavy (non-hydrogen) atoms. The van der Waals surface area contributed by atoms with Gasteiger partial charge in [0, 0.05) is 13.8 Å². The highest BCUT2D eigenvalue weighted by molar-refractivity contribution is 9.10. The average Bonchev–Trinajstić information content (AvgIpc) is 3.01. The number of nitrogens with one attached hydrogen (secondary N) is 1. The van der Waals surface area contributed by atoms with Gasteiger partial charge in [0.05, 0.1) is 6.61 Å². The highest BCUT2D eigenvalue weighted by Crippen LogP contribution is 2.27. The Labute approximate surface area is 180 Å². The monoisotopic (exact) mass is 477 g/mol. The maximum atomic E-state index is 11.5. The number of hydrogen-bond donors (Lipinski definition) is 1. The second-order valence-corrected chi connectivity index (χ2v) is 6.88. The van der Waals surface area contributed by atoms with Gasteiger partial charge >= 0.3 is 5.97 Å². The Hall–Kier alpha value is -3.05. The zero-order valence-corrected chi connectivity index (χ0v) is 18.0. The molecule has 10 nitrogen and oxygen atoms in total. The quantitative estimate of drug-likeness (QED) is 0.284. The molecule has 3 rings (SSSR count). The smallest absolute Gasteiger partial charge is 0.302 e. The molecule has 0 fully saturated rings. The largest absolute Gasteiger partial charge is 0.471 e. The molecule has 1 amide bonds. The predicted molar refractivity (Wildman–Crippen MR) is 111 cm³/mol. The van der Waals surface area contributed by atoms with E-state index in [9.17, 15) is 9.59 Å². The second kappa shape index (κ2) is 10.1. The molecule has 0 radical (unpaired) electrons. The number of anilines is 1. The van der Waals surface area contributed by atoms with E-state index in [0.29, 0.717) is 15.9 Å². The van der Waals surface area contributed by atoms with Gasteiger partial charge in [-0.3, -0.25) is 19.5 Å². The molecule has 1 N–H and O–H groups in total. The molecule has 158 valence electrons. The van der Waals surface area contributed by atoms with Crippen LogP contribution in [0.25, 0.3) is 11.2 Å². The fraction of sp³-hybridized carbons (Fsp3) is 0.316. The van der Waals surface area contributed by atoms with Crippen LogP contribution in [0.4, 0.5) is 5.95 Å². The van der Waals surface area contributed by atoms with Gasteiger partial charge in [0.1, 0.15) is 19.9 Å². The Balaban J connectivity index is 1.85. The van der Waals surface area contributed by atoms with Gasteiger partial charge in [0.25, 0.3) is 0 Å². The van der Waals surface area contributed by atoms with Gasteiger partial charge in [0.2, 0.25) is 17.7 Å². The summed E-state index contributed by atoms with van der Waals surface area (Å²) < 4.78 is 18.3. The Kier molecular flexibility index (Phi) is 7.31. The summed E-state index contributed by atoms with van der Waals surface area (Å²) in [6, 6.07) is 9.60. The van der Waals surface area contributed by atoms with Crippen LogP contribution in [0.1, 0.15) is 19.4 Å². The number of nitrogens with zero attached hydrogens (tertiary/aromatic N) is 4. The van der Waals surface area contributed by atoms with Gasteiger partial charge in [0.15, 0.2) is 15.9 Å². The van der Waals surface area contributed by atoms with Crippen molar-refractivity contribution in [2.45, 2.75) is 27.2 Å². The highest BCUT2D eigenvalue weighted by Gasteiger charge is 2.19. The molecular weight excluding hydrogens is 458 g/mol. The third kappa shape index (κ3) is 5.74. The standard InChI is InChI=1S/C19H20BrN5O5/c1-12(26)21-19-23-16-15(17(24-19)30-10-14-6-4-3-5-7-14)22-18(20)25(16)11-28-8-9-29-13(2)27/h3-7H,8-11H2,1-2H3,(H,21,23,24,26). The number of fused-ring (bicyclic) bond motifs is 1. The number of aromatic nitrogens is 4. The topological polar surface area (TPSA) is 117 Å². The van der Waals surface area contributed by atoms with E-state index < -0.39 is 0 Å². The zero-order valence-electron chi connectivity index (χ0n) is 16.4. The first-order valence-corrected chi connectivity index (χ1v) is 9.82. The van der Waals surface area contributed by atoms with E-state index in [0.717, 1.165) is 5.56 Å². The second-order valence-electron chi connectivity index (χ2n) is 6.17. The highest BCUT2D eigenvalue weighted by atomic mass is 79.9. The maximum absolute atomic E-state index is 11.5. The van der Waals surface area contributed by atoms with Crippen LogP contribution < -0.4 is 10.1 Å². The molecule has 0 unspecified atom stereocenters. The van der Waals surface area contributed by atoms with E-state index in [-0.39, 0.29) is 50.3 Å². The van der Waals surface area contributed by atoms with Crippen molar-refractivity contribution in [1.82, 2.24) is 19.5 Å². The van der Waals surface area contributed by atoms with Gasteiger partial charge in [-0.05, 0) is 21.5 Å². The van der Waals surface area contributed by atoms with Gasteiger partial charge in [-0.2, -0.15) is 9.97 Å². The fourth-order valence-electron chi connectivity index (χ4n) is 2.50. The van der Waals surface area contributed by atoms with E-state index in [4.69, 9.17) is 14.2 Å². The van der Waals surface area contributed by atoms with Crippen molar-refractivity contribution in [3.63, 3.8) is 0 Å². The Morgan fingerprint density at radius 2 is 1.87 bits per heavy atom. The summed E-state index contributed by atoms with van der Waals surface area (Å²) in [7, 11) is 0. The van der Waals surface area contributed by atoms with Gasteiger partial charge < -0.3 is 14.2 Å². The van der Waals surface area contributed by atoms with Gasteiger partial charge in [-0.15, -0.1) is 0 Å². The van der Waals surface area contributed by atoms with E-state index in [1.54, 1.807) is 4.57 Å². The summed E-state index contributed by atoms with van der Waals surface area (Å²) in [4.78, 5) is 35.4. The van der Waals surface area contributed by atoms with Crippen LogP contribution in [0.5, 0.6) is 5.88 Å². The molecular formula is C19H20BrN5O5. The number of hydrogen-bond acceptors (Lipinski definition) is 8. The van der Waals surface area contributed by atoms with Crippen LogP contribution in [-0.2, 0) is 32.4 Å². The van der Waals surface area contributed by atoms with Crippen molar-refractivity contribution in [2.24, 2.45) is 0 Å². The van der Waals surface area contributed by atoms with E-state index in [2.05, 4.69) is 36.2 Å². The number of amides is 1. The lowest BCUT2D eigenvalue weighted by atomic mass is 10.2. The zero-order chi connectivity index (χ0) is 21.5. The first kappa shape index (κ1) is 21.7. The number of halogens is 1. The van der Waals surface area contributed by atoms with Crippen molar-refractivity contribution in [2.75, 3.05) is 18.5 Å². The lowest BCUT2D eigenvalue weighted by molar-refractivity contribution is -0.142. The average molecular weight is 478 g/mol.